The molecule has 1 fully saturated rings. The number of fused-ring (bicyclic) bond motifs is 3. The third kappa shape index (κ3) is 3.98. The van der Waals surface area contributed by atoms with Crippen LogP contribution in [-0.2, 0) is 15.3 Å². The maximum Gasteiger partial charge on any atom is 0.408 e. The van der Waals surface area contributed by atoms with Crippen molar-refractivity contribution >= 4 is 35.1 Å². The molecule has 1 saturated heterocycles. The van der Waals surface area contributed by atoms with Gasteiger partial charge in [0.2, 0.25) is 0 Å². The fourth-order valence-electron chi connectivity index (χ4n) is 4.82. The Morgan fingerprint density at radius 2 is 1.83 bits per heavy atom. The van der Waals surface area contributed by atoms with Gasteiger partial charge in [-0.2, -0.15) is 18.2 Å². The predicted octanol–water partition coefficient (Wildman–Crippen LogP) is 4.27. The van der Waals surface area contributed by atoms with E-state index in [1.54, 1.807) is 24.3 Å². The molecule has 36 heavy (non-hydrogen) atoms. The molecule has 0 aliphatic carbocycles. The van der Waals surface area contributed by atoms with Crippen LogP contribution in [0.4, 0.5) is 17.6 Å². The standard InChI is InChI=1S/C24H20ClF4N3O3S/c1-12(24(27,28)29)30-11-32(31-9-8-18(33)21(34)20(31)23(30)35)19-13-4-3-7-17(26)15(13)10-36-22-14(19)5-2-6-16(22)25/h2-9,12,19-21,34H,10-11H2,1H3/t12-,19+,20?,21?/m1/s1. The third-order valence-electron chi connectivity index (χ3n) is 6.74. The zero-order valence-corrected chi connectivity index (χ0v) is 20.3. The predicted molar refractivity (Wildman–Crippen MR) is 124 cm³/mol. The number of hydrazine groups is 1. The lowest BCUT2D eigenvalue weighted by molar-refractivity contribution is -0.222. The van der Waals surface area contributed by atoms with Crippen molar-refractivity contribution in [1.29, 1.82) is 0 Å². The molecule has 0 saturated carbocycles. The van der Waals surface area contributed by atoms with Gasteiger partial charge in [0, 0.05) is 28.5 Å². The van der Waals surface area contributed by atoms with E-state index in [1.165, 1.54) is 40.1 Å². The fraction of sp³-hybridized carbons (Fsp3) is 0.333. The molecule has 0 radical (unpaired) electrons. The molecule has 2 aromatic carbocycles. The van der Waals surface area contributed by atoms with E-state index in [9.17, 15) is 32.3 Å². The Morgan fingerprint density at radius 3 is 2.56 bits per heavy atom. The summed E-state index contributed by atoms with van der Waals surface area (Å²) < 4.78 is 56.3. The molecular weight excluding hydrogens is 522 g/mol. The lowest BCUT2D eigenvalue weighted by Crippen LogP contribution is -2.70. The lowest BCUT2D eigenvalue weighted by atomic mass is 9.92. The highest BCUT2D eigenvalue weighted by Gasteiger charge is 2.53. The van der Waals surface area contributed by atoms with Gasteiger partial charge in [-0.1, -0.05) is 35.9 Å². The number of rotatable bonds is 2. The van der Waals surface area contributed by atoms with Crippen molar-refractivity contribution in [2.45, 2.75) is 48.0 Å². The minimum Gasteiger partial charge on any atom is -0.382 e. The fourth-order valence-corrected chi connectivity index (χ4v) is 6.31. The Bertz CT molecular complexity index is 1220. The summed E-state index contributed by atoms with van der Waals surface area (Å²) in [6.45, 7) is 0.318. The van der Waals surface area contributed by atoms with Crippen LogP contribution in [0.3, 0.4) is 0 Å². The number of hydrogen-bond acceptors (Lipinski definition) is 6. The Balaban J connectivity index is 1.73. The van der Waals surface area contributed by atoms with Crippen molar-refractivity contribution < 1.29 is 32.3 Å². The van der Waals surface area contributed by atoms with Crippen LogP contribution in [0.5, 0.6) is 0 Å². The Hall–Kier alpha value is -2.60. The monoisotopic (exact) mass is 541 g/mol. The Kier molecular flexibility index (Phi) is 6.30. The first-order valence-electron chi connectivity index (χ1n) is 11.0. The summed E-state index contributed by atoms with van der Waals surface area (Å²) in [6.07, 6.45) is -4.29. The van der Waals surface area contributed by atoms with Crippen molar-refractivity contribution in [1.82, 2.24) is 14.9 Å². The summed E-state index contributed by atoms with van der Waals surface area (Å²) in [5.74, 6) is -2.08. The van der Waals surface area contributed by atoms with Gasteiger partial charge < -0.3 is 10.0 Å². The molecule has 0 aromatic heterocycles. The highest BCUT2D eigenvalue weighted by molar-refractivity contribution is 7.98. The molecule has 1 amide bonds. The molecular formula is C24H20ClF4N3O3S. The number of ketones is 1. The molecule has 3 heterocycles. The largest absolute Gasteiger partial charge is 0.408 e. The van der Waals surface area contributed by atoms with Crippen LogP contribution < -0.4 is 0 Å². The molecule has 5 rings (SSSR count). The Labute approximate surface area is 213 Å². The Morgan fingerprint density at radius 1 is 1.14 bits per heavy atom. The van der Waals surface area contributed by atoms with Crippen LogP contribution in [0, 0.1) is 5.82 Å². The molecule has 0 spiro atoms. The van der Waals surface area contributed by atoms with Gasteiger partial charge in [-0.15, -0.1) is 11.8 Å². The maximum atomic E-state index is 15.0. The van der Waals surface area contributed by atoms with Gasteiger partial charge in [0.05, 0.1) is 17.7 Å². The summed E-state index contributed by atoms with van der Waals surface area (Å²) in [7, 11) is 0. The smallest absolute Gasteiger partial charge is 0.382 e. The van der Waals surface area contributed by atoms with Crippen molar-refractivity contribution in [3.05, 3.63) is 76.2 Å². The molecule has 0 bridgehead atoms. The van der Waals surface area contributed by atoms with E-state index < -0.39 is 54.6 Å². The summed E-state index contributed by atoms with van der Waals surface area (Å²) >= 11 is 7.79. The number of thioether (sulfide) groups is 1. The van der Waals surface area contributed by atoms with Crippen molar-refractivity contribution in [3.8, 4) is 0 Å². The van der Waals surface area contributed by atoms with Crippen LogP contribution in [0.15, 0.2) is 53.6 Å². The van der Waals surface area contributed by atoms with Gasteiger partial charge in [0.25, 0.3) is 5.91 Å². The number of aliphatic hydroxyl groups excluding tert-OH is 1. The second-order valence-corrected chi connectivity index (χ2v) is 10.1. The van der Waals surface area contributed by atoms with Crippen molar-refractivity contribution in [3.63, 3.8) is 0 Å². The van der Waals surface area contributed by atoms with Gasteiger partial charge in [-0.05, 0) is 30.2 Å². The summed E-state index contributed by atoms with van der Waals surface area (Å²) in [5.41, 5.74) is 1.43. The quantitative estimate of drug-likeness (QED) is 0.573. The number of alkyl halides is 3. The number of amides is 1. The summed E-state index contributed by atoms with van der Waals surface area (Å²) in [5, 5.41) is 13.8. The number of aliphatic hydroxyl groups is 1. The molecule has 12 heteroatoms. The third-order valence-corrected chi connectivity index (χ3v) is 8.34. The van der Waals surface area contributed by atoms with Crippen molar-refractivity contribution in [2.24, 2.45) is 0 Å². The number of hydrogen-bond donors (Lipinski definition) is 1. The van der Waals surface area contributed by atoms with Gasteiger partial charge >= 0.3 is 6.18 Å². The molecule has 3 aliphatic rings. The minimum atomic E-state index is -4.76. The van der Waals surface area contributed by atoms with Crippen LogP contribution in [-0.4, -0.2) is 62.7 Å². The topological polar surface area (TPSA) is 64.1 Å². The highest BCUT2D eigenvalue weighted by Crippen LogP contribution is 2.47. The van der Waals surface area contributed by atoms with E-state index in [2.05, 4.69) is 0 Å². The maximum absolute atomic E-state index is 15.0. The summed E-state index contributed by atoms with van der Waals surface area (Å²) in [6, 6.07) is 4.90. The minimum absolute atomic E-state index is 0.227. The lowest BCUT2D eigenvalue weighted by Gasteiger charge is -2.53. The SMILES string of the molecule is C[C@@H](N1CN([C@H]2c3cccc(F)c3CSc3c(Cl)cccc32)N2C=CC(=O)C(O)C2C1=O)C(F)(F)F. The first-order chi connectivity index (χ1) is 17.0. The van der Waals surface area contributed by atoms with Gasteiger partial charge in [-0.25, -0.2) is 4.39 Å². The molecule has 2 aromatic rings. The average molecular weight is 542 g/mol. The number of halogens is 5. The molecule has 2 unspecified atom stereocenters. The van der Waals surface area contributed by atoms with Gasteiger partial charge in [0.15, 0.2) is 11.8 Å². The average Bonchev–Trinajstić information content (AvgIpc) is 2.99. The van der Waals surface area contributed by atoms with E-state index in [0.717, 1.165) is 13.0 Å². The first-order valence-corrected chi connectivity index (χ1v) is 12.4. The van der Waals surface area contributed by atoms with Crippen molar-refractivity contribution in [2.75, 3.05) is 6.67 Å². The molecule has 6 nitrogen and oxygen atoms in total. The second kappa shape index (κ2) is 9.05. The van der Waals surface area contributed by atoms with Crippen LogP contribution in [0.1, 0.15) is 29.7 Å². The number of carbonyl (C=O) groups excluding carboxylic acids is 2. The van der Waals surface area contributed by atoms with E-state index >= 15 is 0 Å². The molecule has 1 N–H and O–H groups in total. The number of carbonyl (C=O) groups is 2. The van der Waals surface area contributed by atoms with Crippen LogP contribution in [0.2, 0.25) is 5.02 Å². The van der Waals surface area contributed by atoms with E-state index in [0.29, 0.717) is 31.5 Å². The molecule has 190 valence electrons. The second-order valence-electron chi connectivity index (χ2n) is 8.75. The molecule has 4 atom stereocenters. The van der Waals surface area contributed by atoms with E-state index in [-0.39, 0.29) is 5.75 Å². The molecule has 3 aliphatic heterocycles. The van der Waals surface area contributed by atoms with Gasteiger partial charge in [-0.3, -0.25) is 14.6 Å². The first kappa shape index (κ1) is 25.1. The normalized spacial score (nSPS) is 25.2. The number of benzene rings is 2. The van der Waals surface area contributed by atoms with Gasteiger partial charge in [0.1, 0.15) is 18.0 Å². The zero-order chi connectivity index (χ0) is 25.9. The number of nitrogens with zero attached hydrogens (tertiary/aromatic N) is 3. The zero-order valence-electron chi connectivity index (χ0n) is 18.7. The summed E-state index contributed by atoms with van der Waals surface area (Å²) in [4.78, 5) is 26.7. The van der Waals surface area contributed by atoms with E-state index in [1.807, 2.05) is 0 Å². The van der Waals surface area contributed by atoms with Crippen LogP contribution in [0.25, 0.3) is 0 Å². The highest BCUT2D eigenvalue weighted by atomic mass is 35.5. The van der Waals surface area contributed by atoms with E-state index in [4.69, 9.17) is 11.6 Å². The van der Waals surface area contributed by atoms with Crippen LogP contribution >= 0.6 is 23.4 Å².